The summed E-state index contributed by atoms with van der Waals surface area (Å²) in [5.41, 5.74) is 1.35. The van der Waals surface area contributed by atoms with Crippen LogP contribution in [0.15, 0.2) is 53.1 Å². The highest BCUT2D eigenvalue weighted by Gasteiger charge is 2.15. The Balaban J connectivity index is 1.63. The Bertz CT molecular complexity index is 955. The molecule has 0 amide bonds. The standard InChI is InChI=1S/C16H13Cl2N3O3S/c17-13-5-1-11(2-6-13)10-25(22,23)19-9-15-20-16(21-24-15)12-3-7-14(18)8-4-12/h1-8,19H,9-10H2. The van der Waals surface area contributed by atoms with Gasteiger partial charge in [0, 0.05) is 15.6 Å². The van der Waals surface area contributed by atoms with Crippen LogP contribution in [0.5, 0.6) is 0 Å². The average Bonchev–Trinajstić information content (AvgIpc) is 3.05. The summed E-state index contributed by atoms with van der Waals surface area (Å²) in [7, 11) is -3.54. The number of benzene rings is 2. The molecule has 0 radical (unpaired) electrons. The van der Waals surface area contributed by atoms with Crippen molar-refractivity contribution in [2.45, 2.75) is 12.3 Å². The van der Waals surface area contributed by atoms with Crippen molar-refractivity contribution in [1.29, 1.82) is 0 Å². The van der Waals surface area contributed by atoms with Crippen molar-refractivity contribution in [2.75, 3.05) is 0 Å². The molecule has 2 aromatic carbocycles. The highest BCUT2D eigenvalue weighted by Crippen LogP contribution is 2.18. The largest absolute Gasteiger partial charge is 0.338 e. The minimum atomic E-state index is -3.54. The second kappa shape index (κ2) is 7.53. The van der Waals surface area contributed by atoms with Crippen LogP contribution >= 0.6 is 23.2 Å². The van der Waals surface area contributed by atoms with Gasteiger partial charge in [0.25, 0.3) is 0 Å². The van der Waals surface area contributed by atoms with Gasteiger partial charge in [0.15, 0.2) is 0 Å². The van der Waals surface area contributed by atoms with Gasteiger partial charge in [-0.25, -0.2) is 13.1 Å². The predicted octanol–water partition coefficient (Wildman–Crippen LogP) is 3.66. The average molecular weight is 398 g/mol. The molecule has 1 N–H and O–H groups in total. The zero-order valence-electron chi connectivity index (χ0n) is 12.8. The molecule has 0 saturated heterocycles. The van der Waals surface area contributed by atoms with E-state index >= 15 is 0 Å². The summed E-state index contributed by atoms with van der Waals surface area (Å²) >= 11 is 11.6. The van der Waals surface area contributed by atoms with Gasteiger partial charge in [0.2, 0.25) is 21.7 Å². The number of hydrogen-bond donors (Lipinski definition) is 1. The van der Waals surface area contributed by atoms with Crippen molar-refractivity contribution in [1.82, 2.24) is 14.9 Å². The highest BCUT2D eigenvalue weighted by molar-refractivity contribution is 7.88. The van der Waals surface area contributed by atoms with Crippen molar-refractivity contribution in [2.24, 2.45) is 0 Å². The number of hydrogen-bond acceptors (Lipinski definition) is 5. The molecule has 0 bridgehead atoms. The van der Waals surface area contributed by atoms with E-state index in [1.54, 1.807) is 48.5 Å². The first kappa shape index (κ1) is 17.9. The van der Waals surface area contributed by atoms with Gasteiger partial charge in [0.1, 0.15) is 0 Å². The smallest absolute Gasteiger partial charge is 0.242 e. The SMILES string of the molecule is O=S(=O)(Cc1ccc(Cl)cc1)NCc1nc(-c2ccc(Cl)cc2)no1. The van der Waals surface area contributed by atoms with E-state index in [0.29, 0.717) is 21.4 Å². The fourth-order valence-electron chi connectivity index (χ4n) is 2.07. The van der Waals surface area contributed by atoms with Gasteiger partial charge in [0.05, 0.1) is 12.3 Å². The van der Waals surface area contributed by atoms with Crippen LogP contribution in [0, 0.1) is 0 Å². The van der Waals surface area contributed by atoms with Crippen LogP contribution in [0.2, 0.25) is 10.0 Å². The molecule has 0 fully saturated rings. The Kier molecular flexibility index (Phi) is 5.39. The van der Waals surface area contributed by atoms with E-state index in [1.807, 2.05) is 0 Å². The maximum Gasteiger partial charge on any atom is 0.242 e. The fraction of sp³-hybridized carbons (Fsp3) is 0.125. The Hall–Kier alpha value is -1.93. The molecule has 9 heteroatoms. The van der Waals surface area contributed by atoms with E-state index in [1.165, 1.54) is 0 Å². The molecule has 0 aliphatic rings. The van der Waals surface area contributed by atoms with Gasteiger partial charge >= 0.3 is 0 Å². The Morgan fingerprint density at radius 2 is 1.56 bits per heavy atom. The van der Waals surface area contributed by atoms with Gasteiger partial charge in [-0.05, 0) is 42.0 Å². The molecule has 1 heterocycles. The fourth-order valence-corrected chi connectivity index (χ4v) is 3.39. The first-order chi connectivity index (χ1) is 11.9. The number of sulfonamides is 1. The molecule has 1 aromatic heterocycles. The van der Waals surface area contributed by atoms with Gasteiger partial charge in [-0.1, -0.05) is 40.5 Å². The number of rotatable bonds is 6. The summed E-state index contributed by atoms with van der Waals surface area (Å²) in [6, 6.07) is 13.5. The topological polar surface area (TPSA) is 85.1 Å². The van der Waals surface area contributed by atoms with Gasteiger partial charge < -0.3 is 4.52 Å². The lowest BCUT2D eigenvalue weighted by Gasteiger charge is -2.04. The third-order valence-electron chi connectivity index (χ3n) is 3.28. The first-order valence-electron chi connectivity index (χ1n) is 7.22. The summed E-state index contributed by atoms with van der Waals surface area (Å²) in [5, 5.41) is 4.98. The third kappa shape index (κ3) is 5.02. The molecule has 3 aromatic rings. The van der Waals surface area contributed by atoms with Crippen molar-refractivity contribution < 1.29 is 12.9 Å². The molecule has 6 nitrogen and oxygen atoms in total. The lowest BCUT2D eigenvalue weighted by atomic mass is 10.2. The van der Waals surface area contributed by atoms with E-state index in [-0.39, 0.29) is 18.2 Å². The third-order valence-corrected chi connectivity index (χ3v) is 5.09. The van der Waals surface area contributed by atoms with E-state index in [4.69, 9.17) is 27.7 Å². The monoisotopic (exact) mass is 397 g/mol. The van der Waals surface area contributed by atoms with Crippen molar-refractivity contribution in [3.63, 3.8) is 0 Å². The summed E-state index contributed by atoms with van der Waals surface area (Å²) < 4.78 is 31.8. The Morgan fingerprint density at radius 1 is 0.960 bits per heavy atom. The molecule has 0 aliphatic heterocycles. The molecular weight excluding hydrogens is 385 g/mol. The predicted molar refractivity (Wildman–Crippen MR) is 95.7 cm³/mol. The summed E-state index contributed by atoms with van der Waals surface area (Å²) in [6.07, 6.45) is 0. The van der Waals surface area contributed by atoms with Crippen molar-refractivity contribution >= 4 is 33.2 Å². The van der Waals surface area contributed by atoms with Crippen molar-refractivity contribution in [3.05, 3.63) is 70.0 Å². The van der Waals surface area contributed by atoms with Crippen LogP contribution in [-0.2, 0) is 22.3 Å². The summed E-state index contributed by atoms with van der Waals surface area (Å²) in [6.45, 7) is -0.0868. The van der Waals surface area contributed by atoms with E-state index in [9.17, 15) is 8.42 Å². The molecule has 130 valence electrons. The van der Waals surface area contributed by atoms with Crippen molar-refractivity contribution in [3.8, 4) is 11.4 Å². The molecule has 0 unspecified atom stereocenters. The second-order valence-corrected chi connectivity index (χ2v) is 7.90. The Labute approximate surface area is 154 Å². The number of nitrogens with zero attached hydrogens (tertiary/aromatic N) is 2. The lowest BCUT2D eigenvalue weighted by Crippen LogP contribution is -2.24. The maximum atomic E-state index is 12.1. The normalized spacial score (nSPS) is 11.6. The molecule has 0 saturated carbocycles. The quantitative estimate of drug-likeness (QED) is 0.685. The lowest BCUT2D eigenvalue weighted by molar-refractivity contribution is 0.376. The molecule has 0 atom stereocenters. The number of halogens is 2. The second-order valence-electron chi connectivity index (χ2n) is 5.23. The molecule has 3 rings (SSSR count). The van der Waals surface area contributed by atoms with Crippen LogP contribution in [0.1, 0.15) is 11.5 Å². The first-order valence-corrected chi connectivity index (χ1v) is 9.62. The number of aromatic nitrogens is 2. The highest BCUT2D eigenvalue weighted by atomic mass is 35.5. The van der Waals surface area contributed by atoms with E-state index in [2.05, 4.69) is 14.9 Å². The van der Waals surface area contributed by atoms with Crippen LogP contribution in [-0.4, -0.2) is 18.6 Å². The van der Waals surface area contributed by atoms with Gasteiger partial charge in [-0.2, -0.15) is 4.98 Å². The van der Waals surface area contributed by atoms with Crippen LogP contribution in [0.3, 0.4) is 0 Å². The van der Waals surface area contributed by atoms with Crippen LogP contribution in [0.25, 0.3) is 11.4 Å². The summed E-state index contributed by atoms with van der Waals surface area (Å²) in [4.78, 5) is 4.17. The molecule has 25 heavy (non-hydrogen) atoms. The molecule has 0 aliphatic carbocycles. The summed E-state index contributed by atoms with van der Waals surface area (Å²) in [5.74, 6) is 0.371. The Morgan fingerprint density at radius 3 is 2.20 bits per heavy atom. The minimum absolute atomic E-state index is 0.0868. The van der Waals surface area contributed by atoms with E-state index < -0.39 is 10.0 Å². The van der Waals surface area contributed by atoms with Crippen LogP contribution in [0.4, 0.5) is 0 Å². The minimum Gasteiger partial charge on any atom is -0.338 e. The van der Waals surface area contributed by atoms with E-state index in [0.717, 1.165) is 5.56 Å². The zero-order chi connectivity index (χ0) is 17.9. The molecule has 0 spiro atoms. The van der Waals surface area contributed by atoms with Gasteiger partial charge in [-0.15, -0.1) is 0 Å². The zero-order valence-corrected chi connectivity index (χ0v) is 15.1. The molecular formula is C16H13Cl2N3O3S. The number of nitrogens with one attached hydrogen (secondary N) is 1. The van der Waals surface area contributed by atoms with Crippen LogP contribution < -0.4 is 4.72 Å². The maximum absolute atomic E-state index is 12.1. The van der Waals surface area contributed by atoms with Gasteiger partial charge in [-0.3, -0.25) is 0 Å².